The van der Waals surface area contributed by atoms with Crippen LogP contribution in [0.15, 0.2) is 103 Å². The lowest BCUT2D eigenvalue weighted by atomic mass is 9.90. The first-order chi connectivity index (χ1) is 37.2. The van der Waals surface area contributed by atoms with Gasteiger partial charge in [-0.15, -0.1) is 5.10 Å². The number of nitrogens with zero attached hydrogens (tertiary/aromatic N) is 5. The highest BCUT2D eigenvalue weighted by molar-refractivity contribution is 7.53. The Hall–Kier alpha value is -6.30. The molecule has 19 heteroatoms. The van der Waals surface area contributed by atoms with Crippen molar-refractivity contribution in [1.29, 1.82) is 0 Å². The van der Waals surface area contributed by atoms with Crippen molar-refractivity contribution < 1.29 is 61.2 Å². The molecule has 7 rings (SSSR count). The minimum absolute atomic E-state index is 0.0271. The number of hydrogen-bond acceptors (Lipinski definition) is 14. The zero-order valence-electron chi connectivity index (χ0n) is 48.2. The van der Waals surface area contributed by atoms with Gasteiger partial charge in [-0.2, -0.15) is 9.58 Å². The quantitative estimate of drug-likeness (QED) is 0.0432. The van der Waals surface area contributed by atoms with Gasteiger partial charge in [0, 0.05) is 18.5 Å². The minimum atomic E-state index is -3.56. The second-order valence-electron chi connectivity index (χ2n) is 23.5. The topological polar surface area (TPSA) is 187 Å². The number of amides is 4. The third kappa shape index (κ3) is 16.0. The van der Waals surface area contributed by atoms with Crippen LogP contribution >= 0.6 is 7.60 Å². The van der Waals surface area contributed by atoms with Crippen LogP contribution in [0.1, 0.15) is 144 Å². The molecule has 2 fully saturated rings. The first-order valence-corrected chi connectivity index (χ1v) is 29.0. The maximum Gasteiger partial charge on any atom is 0.435 e. The van der Waals surface area contributed by atoms with Crippen molar-refractivity contribution in [3.05, 3.63) is 125 Å². The van der Waals surface area contributed by atoms with E-state index < -0.39 is 72.8 Å². The lowest BCUT2D eigenvalue weighted by Crippen LogP contribution is -2.50. The van der Waals surface area contributed by atoms with E-state index in [4.69, 9.17) is 37.5 Å². The predicted molar refractivity (Wildman–Crippen MR) is 301 cm³/mol. The smallest absolute Gasteiger partial charge is 0.435 e. The summed E-state index contributed by atoms with van der Waals surface area (Å²) in [5.41, 5.74) is 0.268. The number of rotatable bonds is 19. The minimum Gasteiger partial charge on any atom is -0.481 e. The number of imide groups is 1. The number of unbranched alkanes of at least 4 members (excludes halogenated alkanes) is 2. The fourth-order valence-corrected chi connectivity index (χ4v) is 10.7. The Morgan fingerprint density at radius 1 is 0.671 bits per heavy atom. The van der Waals surface area contributed by atoms with Crippen LogP contribution in [0.4, 0.5) is 25.0 Å². The van der Waals surface area contributed by atoms with Gasteiger partial charge in [-0.25, -0.2) is 19.2 Å². The summed E-state index contributed by atoms with van der Waals surface area (Å²) in [6.45, 7) is 23.6. The third-order valence-corrected chi connectivity index (χ3v) is 14.4. The van der Waals surface area contributed by atoms with Crippen molar-refractivity contribution >= 4 is 48.6 Å². The van der Waals surface area contributed by atoms with E-state index in [0.29, 0.717) is 35.8 Å². The molecule has 2 aliphatic heterocycles. The summed E-state index contributed by atoms with van der Waals surface area (Å²) in [6, 6.07) is 30.4. The van der Waals surface area contributed by atoms with Gasteiger partial charge in [-0.05, 0) is 142 Å². The van der Waals surface area contributed by atoms with Crippen LogP contribution in [-0.2, 0) is 56.8 Å². The molecular weight excluding hydrogens is 1030 g/mol. The Balaban J connectivity index is 1.35. The van der Waals surface area contributed by atoms with Crippen LogP contribution in [0.3, 0.4) is 0 Å². The molecule has 18 nitrogen and oxygen atoms in total. The lowest BCUT2D eigenvalue weighted by Gasteiger charge is -2.37. The molecule has 428 valence electrons. The fourth-order valence-electron chi connectivity index (χ4n) is 9.36. The first-order valence-electron chi connectivity index (χ1n) is 27.3. The number of urea groups is 1. The summed E-state index contributed by atoms with van der Waals surface area (Å²) >= 11 is 0. The molecule has 4 amide bonds. The van der Waals surface area contributed by atoms with E-state index in [9.17, 15) is 18.9 Å². The molecule has 1 unspecified atom stereocenters. The fraction of sp³-hybridized carbons (Fsp3) is 0.517. The summed E-state index contributed by atoms with van der Waals surface area (Å²) in [5.74, 6) is -0.868. The average Bonchev–Trinajstić information content (AvgIpc) is 4.05. The van der Waals surface area contributed by atoms with Crippen molar-refractivity contribution in [2.75, 3.05) is 24.5 Å². The maximum absolute atomic E-state index is 16.2. The van der Waals surface area contributed by atoms with Gasteiger partial charge in [-0.1, -0.05) is 106 Å². The van der Waals surface area contributed by atoms with E-state index in [1.165, 1.54) is 0 Å². The molecule has 4 atom stereocenters. The van der Waals surface area contributed by atoms with Crippen molar-refractivity contribution in [1.82, 2.24) is 19.6 Å². The zero-order valence-corrected chi connectivity index (χ0v) is 49.1. The van der Waals surface area contributed by atoms with E-state index in [1.807, 2.05) is 105 Å². The molecule has 0 N–H and O–H groups in total. The molecule has 0 spiro atoms. The molecule has 4 aromatic carbocycles. The second kappa shape index (κ2) is 25.0. The second-order valence-corrected chi connectivity index (χ2v) is 25.5. The van der Waals surface area contributed by atoms with Gasteiger partial charge in [0.15, 0.2) is 18.0 Å². The van der Waals surface area contributed by atoms with E-state index in [0.717, 1.165) is 47.1 Å². The highest BCUT2D eigenvalue weighted by Crippen LogP contribution is 2.49. The molecular formula is C60H80N5O13P. The van der Waals surface area contributed by atoms with E-state index in [2.05, 4.69) is 5.10 Å². The highest BCUT2D eigenvalue weighted by Gasteiger charge is 2.56. The van der Waals surface area contributed by atoms with Gasteiger partial charge in [0.05, 0.1) is 30.8 Å². The van der Waals surface area contributed by atoms with Crippen LogP contribution in [0.5, 0.6) is 5.75 Å². The van der Waals surface area contributed by atoms with Gasteiger partial charge in [0.25, 0.3) is 0 Å². The van der Waals surface area contributed by atoms with Crippen LogP contribution in [0.25, 0.3) is 10.9 Å². The molecule has 2 saturated heterocycles. The predicted octanol–water partition coefficient (Wildman–Crippen LogP) is 14.0. The number of anilines is 1. The molecule has 79 heavy (non-hydrogen) atoms. The van der Waals surface area contributed by atoms with Crippen LogP contribution in [-0.4, -0.2) is 104 Å². The number of fused-ring (bicyclic) bond motifs is 2. The van der Waals surface area contributed by atoms with E-state index in [1.54, 1.807) is 97.5 Å². The molecule has 0 radical (unpaired) electrons. The summed E-state index contributed by atoms with van der Waals surface area (Å²) in [7, 11) is -3.56. The molecule has 3 heterocycles. The number of ether oxygens (including phenoxy) is 6. The largest absolute Gasteiger partial charge is 0.481 e. The van der Waals surface area contributed by atoms with Crippen molar-refractivity contribution in [2.24, 2.45) is 0 Å². The molecule has 2 aliphatic rings. The lowest BCUT2D eigenvalue weighted by molar-refractivity contribution is -0.158. The first kappa shape index (κ1) is 60.3. The van der Waals surface area contributed by atoms with Crippen LogP contribution in [0.2, 0.25) is 0 Å². The Morgan fingerprint density at radius 3 is 1.76 bits per heavy atom. The third-order valence-electron chi connectivity index (χ3n) is 12.8. The molecule has 5 aromatic rings. The zero-order chi connectivity index (χ0) is 57.5. The standard InChI is InChI=1S/C60H80N5O13P/c1-14-16-34-72-79(70,73-35-17-15-2)40-71-45-31-28-42(29-32-45)38-63-49(44-26-22-19-23-27-44)51-50(74-60(12,13)75-51)48(37-41-24-20-18-21-25-41)62(53(63)66)39-43-30-33-47-46(36-43)52(61-65(47)56(69)78-59(9,10)11)64(54(67)76-57(3,4)5)55(68)77-58(6,7)8/h18-33,36,48-51H,14-17,34-35,37-40H2,1-13H3/t48-,49?,50+,51+/m1/s1. The highest BCUT2D eigenvalue weighted by atomic mass is 31.2. The Bertz CT molecular complexity index is 2890. The number of benzene rings is 4. The molecule has 1 aromatic heterocycles. The summed E-state index contributed by atoms with van der Waals surface area (Å²) < 4.78 is 63.6. The SMILES string of the molecule is CCCCOP(=O)(COc1ccc(CN2C(=O)N(Cc3ccc4c(c3)c(N(C(=O)OC(C)(C)C)C(=O)OC(C)(C)C)nn4C(=O)OC(C)(C)C)[C@H](Cc3ccccc3)[C@@H]3OC(C)(C)O[C@H]3C2c2ccccc2)cc1)OCCCC. The number of aromatic nitrogens is 2. The van der Waals surface area contributed by atoms with Gasteiger partial charge in [0.1, 0.15) is 34.8 Å². The number of carbonyl (C=O) groups is 4. The van der Waals surface area contributed by atoms with Gasteiger partial charge in [0.2, 0.25) is 0 Å². The average molecular weight is 1110 g/mol. The number of hydrogen-bond donors (Lipinski definition) is 0. The van der Waals surface area contributed by atoms with Crippen molar-refractivity contribution in [3.8, 4) is 5.75 Å². The molecule has 0 saturated carbocycles. The summed E-state index contributed by atoms with van der Waals surface area (Å²) in [6.07, 6.45) is -1.06. The molecule has 0 aliphatic carbocycles. The van der Waals surface area contributed by atoms with E-state index >= 15 is 4.79 Å². The summed E-state index contributed by atoms with van der Waals surface area (Å²) in [5, 5.41) is 4.79. The van der Waals surface area contributed by atoms with Gasteiger partial charge < -0.3 is 47.3 Å². The Kier molecular flexibility index (Phi) is 19.1. The number of carbonyl (C=O) groups excluding carboxylic acids is 4. The maximum atomic E-state index is 16.2. The molecule has 0 bridgehead atoms. The van der Waals surface area contributed by atoms with Crippen LogP contribution in [0, 0.1) is 0 Å². The summed E-state index contributed by atoms with van der Waals surface area (Å²) in [4.78, 5) is 62.9. The van der Waals surface area contributed by atoms with Crippen molar-refractivity contribution in [2.45, 2.75) is 182 Å². The van der Waals surface area contributed by atoms with Gasteiger partial charge >= 0.3 is 31.9 Å². The van der Waals surface area contributed by atoms with Crippen molar-refractivity contribution in [3.63, 3.8) is 0 Å². The Labute approximate surface area is 465 Å². The van der Waals surface area contributed by atoms with E-state index in [-0.39, 0.29) is 42.2 Å². The van der Waals surface area contributed by atoms with Crippen LogP contribution < -0.4 is 9.64 Å². The normalized spacial score (nSPS) is 18.7. The van der Waals surface area contributed by atoms with Gasteiger partial charge in [-0.3, -0.25) is 4.57 Å². The Morgan fingerprint density at radius 2 is 1.20 bits per heavy atom. The monoisotopic (exact) mass is 1110 g/mol.